The molecule has 0 saturated carbocycles. The van der Waals surface area contributed by atoms with Crippen molar-refractivity contribution in [3.63, 3.8) is 0 Å². The second-order valence-electron chi connectivity index (χ2n) is 4.00. The molecule has 0 unspecified atom stereocenters. The number of nitrogens with two attached hydrogens (primary N) is 1. The first-order valence-electron chi connectivity index (χ1n) is 5.43. The van der Waals surface area contributed by atoms with Gasteiger partial charge in [-0.3, -0.25) is 0 Å². The van der Waals surface area contributed by atoms with Gasteiger partial charge in [-0.25, -0.2) is 22.5 Å². The molecule has 1 heterocycles. The van der Waals surface area contributed by atoms with Gasteiger partial charge in [-0.1, -0.05) is 0 Å². The van der Waals surface area contributed by atoms with Crippen LogP contribution in [0.3, 0.4) is 0 Å². The molecule has 4 N–H and O–H groups in total. The Hall–Kier alpha value is -1.93. The highest BCUT2D eigenvalue weighted by Gasteiger charge is 2.18. The summed E-state index contributed by atoms with van der Waals surface area (Å²) in [5, 5.41) is 0. The normalized spacial score (nSPS) is 11.7. The summed E-state index contributed by atoms with van der Waals surface area (Å²) in [6, 6.07) is 2.20. The number of sulfonamides is 1. The minimum atomic E-state index is -3.76. The quantitative estimate of drug-likeness (QED) is 0.727. The van der Waals surface area contributed by atoms with E-state index in [2.05, 4.69) is 14.7 Å². The molecule has 8 heteroatoms. The van der Waals surface area contributed by atoms with Gasteiger partial charge < -0.3 is 10.7 Å². The van der Waals surface area contributed by atoms with Crippen LogP contribution in [0.15, 0.2) is 29.4 Å². The van der Waals surface area contributed by atoms with E-state index >= 15 is 0 Å². The summed E-state index contributed by atoms with van der Waals surface area (Å²) in [6.45, 7) is 1.52. The van der Waals surface area contributed by atoms with Gasteiger partial charge in [-0.15, -0.1) is 0 Å². The second kappa shape index (κ2) is 4.98. The van der Waals surface area contributed by atoms with Gasteiger partial charge in [0.15, 0.2) is 0 Å². The first-order valence-corrected chi connectivity index (χ1v) is 6.92. The average molecular weight is 284 g/mol. The van der Waals surface area contributed by atoms with Crippen LogP contribution in [0, 0.1) is 12.7 Å². The molecule has 0 radical (unpaired) electrons. The third kappa shape index (κ3) is 2.91. The van der Waals surface area contributed by atoms with E-state index in [1.165, 1.54) is 13.1 Å². The molecule has 0 spiro atoms. The monoisotopic (exact) mass is 284 g/mol. The number of nitrogen functional groups attached to an aromatic ring is 1. The van der Waals surface area contributed by atoms with Crippen LogP contribution in [0.25, 0.3) is 0 Å². The van der Waals surface area contributed by atoms with Crippen molar-refractivity contribution in [3.8, 4) is 0 Å². The lowest BCUT2D eigenvalue weighted by atomic mass is 10.2. The van der Waals surface area contributed by atoms with Crippen LogP contribution >= 0.6 is 0 Å². The van der Waals surface area contributed by atoms with Crippen molar-refractivity contribution in [1.29, 1.82) is 0 Å². The van der Waals surface area contributed by atoms with E-state index in [9.17, 15) is 12.8 Å². The fourth-order valence-electron chi connectivity index (χ4n) is 1.59. The molecule has 0 fully saturated rings. The maximum Gasteiger partial charge on any atom is 0.241 e. The number of hydrogen-bond donors (Lipinski definition) is 3. The SMILES string of the molecule is Cc1cc(F)c(N)cc1S(=O)(=O)NCc1ncc[nH]1. The number of aromatic nitrogens is 2. The number of rotatable bonds is 4. The van der Waals surface area contributed by atoms with E-state index in [-0.39, 0.29) is 17.1 Å². The summed E-state index contributed by atoms with van der Waals surface area (Å²) >= 11 is 0. The van der Waals surface area contributed by atoms with Crippen molar-refractivity contribution in [2.45, 2.75) is 18.4 Å². The van der Waals surface area contributed by atoms with Crippen molar-refractivity contribution >= 4 is 15.7 Å². The maximum absolute atomic E-state index is 13.2. The van der Waals surface area contributed by atoms with Gasteiger partial charge in [0.05, 0.1) is 17.1 Å². The number of halogens is 1. The molecule has 1 aromatic carbocycles. The summed E-state index contributed by atoms with van der Waals surface area (Å²) < 4.78 is 39.7. The van der Waals surface area contributed by atoms with Gasteiger partial charge in [-0.05, 0) is 24.6 Å². The molecule has 0 amide bonds. The van der Waals surface area contributed by atoms with Crippen LogP contribution in [0.5, 0.6) is 0 Å². The molecule has 1 aromatic heterocycles. The number of benzene rings is 1. The Kier molecular flexibility index (Phi) is 3.54. The van der Waals surface area contributed by atoms with Gasteiger partial charge >= 0.3 is 0 Å². The predicted molar refractivity (Wildman–Crippen MR) is 68.2 cm³/mol. The lowest BCUT2D eigenvalue weighted by Gasteiger charge is -2.09. The number of anilines is 1. The lowest BCUT2D eigenvalue weighted by molar-refractivity contribution is 0.578. The topological polar surface area (TPSA) is 101 Å². The van der Waals surface area contributed by atoms with Crippen LogP contribution in [0.4, 0.5) is 10.1 Å². The highest BCUT2D eigenvalue weighted by Crippen LogP contribution is 2.21. The van der Waals surface area contributed by atoms with Crippen LogP contribution in [0.2, 0.25) is 0 Å². The molecule has 19 heavy (non-hydrogen) atoms. The Morgan fingerprint density at radius 3 is 2.84 bits per heavy atom. The second-order valence-corrected chi connectivity index (χ2v) is 5.74. The van der Waals surface area contributed by atoms with Gasteiger partial charge in [-0.2, -0.15) is 0 Å². The standard InChI is InChI=1S/C11H13FN4O2S/c1-7-4-8(12)9(13)5-10(7)19(17,18)16-6-11-14-2-3-15-11/h2-5,16H,6,13H2,1H3,(H,14,15). The van der Waals surface area contributed by atoms with Crippen molar-refractivity contribution < 1.29 is 12.8 Å². The zero-order valence-corrected chi connectivity index (χ0v) is 11.0. The van der Waals surface area contributed by atoms with Gasteiger partial charge in [0.1, 0.15) is 11.6 Å². The van der Waals surface area contributed by atoms with E-state index < -0.39 is 15.8 Å². The molecule has 0 saturated heterocycles. The fourth-order valence-corrected chi connectivity index (χ4v) is 2.84. The number of H-pyrrole nitrogens is 1. The Balaban J connectivity index is 2.27. The fraction of sp³-hybridized carbons (Fsp3) is 0.182. The molecule has 6 nitrogen and oxygen atoms in total. The molecule has 2 aromatic rings. The molecule has 102 valence electrons. The Morgan fingerprint density at radius 2 is 2.21 bits per heavy atom. The van der Waals surface area contributed by atoms with Gasteiger partial charge in [0, 0.05) is 12.4 Å². The average Bonchev–Trinajstić information content (AvgIpc) is 2.84. The number of nitrogens with one attached hydrogen (secondary N) is 2. The highest BCUT2D eigenvalue weighted by atomic mass is 32.2. The first-order chi connectivity index (χ1) is 8.90. The predicted octanol–water partition coefficient (Wildman–Crippen LogP) is 0.918. The maximum atomic E-state index is 13.2. The smallest absolute Gasteiger partial charge is 0.241 e. The molecular formula is C11H13FN4O2S. The van der Waals surface area contributed by atoms with Gasteiger partial charge in [0.25, 0.3) is 0 Å². The molecule has 0 bridgehead atoms. The van der Waals surface area contributed by atoms with E-state index in [1.807, 2.05) is 0 Å². The minimum Gasteiger partial charge on any atom is -0.396 e. The Bertz CT molecular complexity index is 683. The number of aromatic amines is 1. The summed E-state index contributed by atoms with van der Waals surface area (Å²) in [7, 11) is -3.76. The van der Waals surface area contributed by atoms with E-state index in [1.54, 1.807) is 6.20 Å². The highest BCUT2D eigenvalue weighted by molar-refractivity contribution is 7.89. The number of imidazole rings is 1. The number of aryl methyl sites for hydroxylation is 1. The van der Waals surface area contributed by atoms with E-state index in [0.29, 0.717) is 11.4 Å². The molecule has 0 aliphatic rings. The summed E-state index contributed by atoms with van der Waals surface area (Å²) in [5.74, 6) is -0.154. The minimum absolute atomic E-state index is 0.0199. The molecule has 0 atom stereocenters. The molecule has 2 rings (SSSR count). The van der Waals surface area contributed by atoms with Crippen molar-refractivity contribution in [3.05, 3.63) is 41.7 Å². The number of nitrogens with zero attached hydrogens (tertiary/aromatic N) is 1. The van der Waals surface area contributed by atoms with E-state index in [4.69, 9.17) is 5.73 Å². The third-order valence-corrected chi connectivity index (χ3v) is 4.11. The zero-order valence-electron chi connectivity index (χ0n) is 10.1. The summed E-state index contributed by atoms with van der Waals surface area (Å²) in [6.07, 6.45) is 3.11. The van der Waals surface area contributed by atoms with Gasteiger partial charge in [0.2, 0.25) is 10.0 Å². The van der Waals surface area contributed by atoms with Crippen molar-refractivity contribution in [2.24, 2.45) is 0 Å². The van der Waals surface area contributed by atoms with Crippen molar-refractivity contribution in [1.82, 2.24) is 14.7 Å². The number of hydrogen-bond acceptors (Lipinski definition) is 4. The largest absolute Gasteiger partial charge is 0.396 e. The molecular weight excluding hydrogens is 271 g/mol. The van der Waals surface area contributed by atoms with Crippen LogP contribution in [-0.2, 0) is 16.6 Å². The Labute approximate surface area is 109 Å². The summed E-state index contributed by atoms with van der Waals surface area (Å²) in [5.41, 5.74) is 5.48. The summed E-state index contributed by atoms with van der Waals surface area (Å²) in [4.78, 5) is 6.63. The Morgan fingerprint density at radius 1 is 1.47 bits per heavy atom. The van der Waals surface area contributed by atoms with Crippen LogP contribution in [-0.4, -0.2) is 18.4 Å². The third-order valence-electron chi connectivity index (χ3n) is 2.57. The van der Waals surface area contributed by atoms with E-state index in [0.717, 1.165) is 12.1 Å². The molecule has 0 aliphatic heterocycles. The van der Waals surface area contributed by atoms with Crippen molar-refractivity contribution in [2.75, 3.05) is 5.73 Å². The van der Waals surface area contributed by atoms with Crippen LogP contribution in [0.1, 0.15) is 11.4 Å². The first kappa shape index (κ1) is 13.5. The zero-order chi connectivity index (χ0) is 14.0. The lowest BCUT2D eigenvalue weighted by Crippen LogP contribution is -2.24. The molecule has 0 aliphatic carbocycles. The van der Waals surface area contributed by atoms with Crippen LogP contribution < -0.4 is 10.5 Å².